The molecule has 0 spiro atoms. The van der Waals surface area contributed by atoms with Crippen LogP contribution in [-0.2, 0) is 19.6 Å². The second-order valence-electron chi connectivity index (χ2n) is 9.48. The standard InChI is InChI=1S/C29H31N6O2/c1-4-5-14-34-25-19-21(3)20(2)18-24(25)31-26-27(34)32-29(37)35(28(26)36)15-6-13-33-16-9-23(10-17-33)22-7-11-30-12-8-22/h7-12,16-19H,4-6,13-15H2,1-3H3/q+1. The molecule has 1 aromatic carbocycles. The highest BCUT2D eigenvalue weighted by Gasteiger charge is 2.22. The van der Waals surface area contributed by atoms with Crippen molar-refractivity contribution in [3.63, 3.8) is 0 Å². The number of aromatic nitrogens is 6. The van der Waals surface area contributed by atoms with Crippen molar-refractivity contribution in [3.05, 3.63) is 93.2 Å². The van der Waals surface area contributed by atoms with Gasteiger partial charge in [0.1, 0.15) is 6.54 Å². The number of fused-ring (bicyclic) bond motifs is 2. The number of hydrogen-bond acceptors (Lipinski definition) is 5. The lowest BCUT2D eigenvalue weighted by atomic mass is 10.1. The van der Waals surface area contributed by atoms with Gasteiger partial charge in [-0.2, -0.15) is 4.98 Å². The number of nitrogens with zero attached hydrogens (tertiary/aromatic N) is 6. The van der Waals surface area contributed by atoms with E-state index < -0.39 is 5.69 Å². The van der Waals surface area contributed by atoms with E-state index in [0.29, 0.717) is 25.3 Å². The fourth-order valence-electron chi connectivity index (χ4n) is 4.62. The average molecular weight is 496 g/mol. The first-order valence-corrected chi connectivity index (χ1v) is 12.8. The van der Waals surface area contributed by atoms with Crippen LogP contribution < -0.4 is 15.8 Å². The van der Waals surface area contributed by atoms with Gasteiger partial charge in [0, 0.05) is 44.0 Å². The van der Waals surface area contributed by atoms with Crippen molar-refractivity contribution < 1.29 is 4.57 Å². The smallest absolute Gasteiger partial charge is 0.322 e. The number of pyridine rings is 2. The lowest BCUT2D eigenvalue weighted by molar-refractivity contribution is -0.697. The molecule has 2 aromatic heterocycles. The predicted molar refractivity (Wildman–Crippen MR) is 144 cm³/mol. The van der Waals surface area contributed by atoms with E-state index in [1.165, 1.54) is 4.57 Å². The van der Waals surface area contributed by atoms with E-state index in [-0.39, 0.29) is 17.8 Å². The molecular formula is C29H31N6O2+. The molecule has 0 aliphatic carbocycles. The SMILES string of the molecule is CCCCn1c2nc(=O)n(CCC[n+]3ccc(-c4ccncc4)cc3)c(=O)c-2nc2cc(C)c(C)cc21. The van der Waals surface area contributed by atoms with Gasteiger partial charge in [-0.05, 0) is 66.8 Å². The van der Waals surface area contributed by atoms with Crippen LogP contribution in [0, 0.1) is 13.8 Å². The molecule has 0 unspecified atom stereocenters. The Labute approximate surface area is 215 Å². The topological polar surface area (TPSA) is 86.5 Å². The van der Waals surface area contributed by atoms with Crippen LogP contribution in [0.5, 0.6) is 0 Å². The van der Waals surface area contributed by atoms with Crippen LogP contribution in [-0.4, -0.2) is 24.1 Å². The maximum atomic E-state index is 13.4. The van der Waals surface area contributed by atoms with Gasteiger partial charge in [0.25, 0.3) is 5.56 Å². The maximum absolute atomic E-state index is 13.4. The van der Waals surface area contributed by atoms with Gasteiger partial charge in [0.05, 0.1) is 11.0 Å². The van der Waals surface area contributed by atoms with Gasteiger partial charge < -0.3 is 4.57 Å². The first-order chi connectivity index (χ1) is 18.0. The van der Waals surface area contributed by atoms with Crippen LogP contribution >= 0.6 is 0 Å². The summed E-state index contributed by atoms with van der Waals surface area (Å²) in [7, 11) is 0. The molecule has 0 N–H and O–H groups in total. The van der Waals surface area contributed by atoms with Gasteiger partial charge in [0.15, 0.2) is 23.9 Å². The minimum atomic E-state index is -0.522. The molecule has 0 amide bonds. The van der Waals surface area contributed by atoms with E-state index in [1.54, 1.807) is 12.4 Å². The molecule has 0 fully saturated rings. The van der Waals surface area contributed by atoms with Crippen molar-refractivity contribution >= 4 is 11.0 Å². The maximum Gasteiger partial charge on any atom is 0.352 e. The highest BCUT2D eigenvalue weighted by molar-refractivity contribution is 5.81. The van der Waals surface area contributed by atoms with Gasteiger partial charge >= 0.3 is 5.69 Å². The zero-order valence-electron chi connectivity index (χ0n) is 21.5. The molecule has 0 atom stereocenters. The molecule has 2 aliphatic rings. The highest BCUT2D eigenvalue weighted by Crippen LogP contribution is 2.24. The summed E-state index contributed by atoms with van der Waals surface area (Å²) >= 11 is 0. The highest BCUT2D eigenvalue weighted by atomic mass is 16.2. The molecule has 0 radical (unpaired) electrons. The van der Waals surface area contributed by atoms with Crippen LogP contribution in [0.2, 0.25) is 0 Å². The quantitative estimate of drug-likeness (QED) is 0.241. The first kappa shape index (κ1) is 24.5. The third-order valence-corrected chi connectivity index (χ3v) is 6.90. The number of unbranched alkanes of at least 4 members (excludes halogenated alkanes) is 1. The molecule has 0 saturated carbocycles. The van der Waals surface area contributed by atoms with Gasteiger partial charge in [-0.1, -0.05) is 13.3 Å². The predicted octanol–water partition coefficient (Wildman–Crippen LogP) is 3.91. The normalized spacial score (nSPS) is 11.4. The molecule has 2 aliphatic heterocycles. The monoisotopic (exact) mass is 495 g/mol. The van der Waals surface area contributed by atoms with Crippen LogP contribution in [0.25, 0.3) is 33.7 Å². The second kappa shape index (κ2) is 10.4. The molecule has 37 heavy (non-hydrogen) atoms. The van der Waals surface area contributed by atoms with Crippen molar-refractivity contribution in [2.24, 2.45) is 0 Å². The summed E-state index contributed by atoms with van der Waals surface area (Å²) in [6, 6.07) is 12.1. The Hall–Kier alpha value is -4.20. The minimum absolute atomic E-state index is 0.251. The zero-order chi connectivity index (χ0) is 25.9. The number of hydrogen-bond donors (Lipinski definition) is 0. The Morgan fingerprint density at radius 3 is 2.24 bits per heavy atom. The molecule has 3 aromatic rings. The van der Waals surface area contributed by atoms with Crippen LogP contribution in [0.4, 0.5) is 0 Å². The number of rotatable bonds is 8. The summed E-state index contributed by atoms with van der Waals surface area (Å²) < 4.78 is 5.25. The van der Waals surface area contributed by atoms with Crippen LogP contribution in [0.15, 0.2) is 70.8 Å². The van der Waals surface area contributed by atoms with E-state index in [4.69, 9.17) is 0 Å². The van der Waals surface area contributed by atoms with Crippen molar-refractivity contribution in [3.8, 4) is 22.6 Å². The van der Waals surface area contributed by atoms with Crippen molar-refractivity contribution in [1.82, 2.24) is 24.1 Å². The van der Waals surface area contributed by atoms with E-state index in [9.17, 15) is 9.59 Å². The fourth-order valence-corrected chi connectivity index (χ4v) is 4.62. The zero-order valence-corrected chi connectivity index (χ0v) is 21.5. The lowest BCUT2D eigenvalue weighted by Crippen LogP contribution is -2.40. The lowest BCUT2D eigenvalue weighted by Gasteiger charge is -2.18. The number of aryl methyl sites for hydroxylation is 4. The Kier molecular flexibility index (Phi) is 6.90. The largest absolute Gasteiger partial charge is 0.352 e. The fraction of sp³-hybridized carbons (Fsp3) is 0.310. The average Bonchev–Trinajstić information content (AvgIpc) is 2.91. The summed E-state index contributed by atoms with van der Waals surface area (Å²) in [5, 5.41) is 0. The van der Waals surface area contributed by atoms with Crippen molar-refractivity contribution in [1.29, 1.82) is 0 Å². The first-order valence-electron chi connectivity index (χ1n) is 12.8. The van der Waals surface area contributed by atoms with Gasteiger partial charge in [-0.3, -0.25) is 14.3 Å². The molecule has 4 heterocycles. The summed E-state index contributed by atoms with van der Waals surface area (Å²) in [4.78, 5) is 39.5. The molecule has 8 heteroatoms. The summed E-state index contributed by atoms with van der Waals surface area (Å²) in [5.41, 5.74) is 5.47. The molecule has 8 nitrogen and oxygen atoms in total. The van der Waals surface area contributed by atoms with E-state index in [0.717, 1.165) is 46.1 Å². The van der Waals surface area contributed by atoms with Gasteiger partial charge in [-0.25, -0.2) is 14.3 Å². The summed E-state index contributed by atoms with van der Waals surface area (Å²) in [5.74, 6) is 0.372. The van der Waals surface area contributed by atoms with E-state index >= 15 is 0 Å². The molecular weight excluding hydrogens is 464 g/mol. The molecule has 0 bridgehead atoms. The Balaban J connectivity index is 1.44. The van der Waals surface area contributed by atoms with Crippen molar-refractivity contribution in [2.45, 2.75) is 59.7 Å². The summed E-state index contributed by atoms with van der Waals surface area (Å²) in [6.07, 6.45) is 10.1. The summed E-state index contributed by atoms with van der Waals surface area (Å²) in [6.45, 7) is 7.83. The molecule has 0 saturated heterocycles. The molecule has 188 valence electrons. The van der Waals surface area contributed by atoms with Crippen molar-refractivity contribution in [2.75, 3.05) is 0 Å². The van der Waals surface area contributed by atoms with E-state index in [2.05, 4.69) is 34.9 Å². The third kappa shape index (κ3) is 4.91. The minimum Gasteiger partial charge on any atom is -0.322 e. The second-order valence-corrected chi connectivity index (χ2v) is 9.48. The van der Waals surface area contributed by atoms with Gasteiger partial charge in [-0.15, -0.1) is 0 Å². The van der Waals surface area contributed by atoms with Crippen LogP contribution in [0.3, 0.4) is 0 Å². The molecule has 5 rings (SSSR count). The Bertz CT molecular complexity index is 1640. The Morgan fingerprint density at radius 1 is 0.838 bits per heavy atom. The number of benzene rings is 1. The Morgan fingerprint density at radius 2 is 1.51 bits per heavy atom. The van der Waals surface area contributed by atoms with E-state index in [1.807, 2.05) is 58.8 Å². The van der Waals surface area contributed by atoms with Crippen LogP contribution in [0.1, 0.15) is 37.3 Å². The third-order valence-electron chi connectivity index (χ3n) is 6.90. The van der Waals surface area contributed by atoms with Gasteiger partial charge in [0.2, 0.25) is 0 Å².